The van der Waals surface area contributed by atoms with Crippen LogP contribution in [0.2, 0.25) is 0 Å². The number of nitrogens with zero attached hydrogens (tertiary/aromatic N) is 1. The number of hydrogen-bond acceptors (Lipinski definition) is 3. The van der Waals surface area contributed by atoms with Gasteiger partial charge in [-0.05, 0) is 62.1 Å². The molecule has 24 heavy (non-hydrogen) atoms. The molecule has 0 fully saturated rings. The van der Waals surface area contributed by atoms with Crippen LogP contribution in [0.25, 0.3) is 10.8 Å². The van der Waals surface area contributed by atoms with Crippen molar-refractivity contribution in [1.82, 2.24) is 0 Å². The van der Waals surface area contributed by atoms with E-state index in [0.717, 1.165) is 41.2 Å². The topological polar surface area (TPSA) is 38.5 Å². The van der Waals surface area contributed by atoms with Crippen LogP contribution in [-0.4, -0.2) is 13.1 Å². The van der Waals surface area contributed by atoms with E-state index in [4.69, 9.17) is 10.5 Å². The van der Waals surface area contributed by atoms with Crippen LogP contribution in [0.4, 0.5) is 11.4 Å². The lowest BCUT2D eigenvalue weighted by molar-refractivity contribution is 0.488. The number of ether oxygens (including phenoxy) is 1. The average molecular weight is 320 g/mol. The lowest BCUT2D eigenvalue weighted by atomic mass is 10.1. The van der Waals surface area contributed by atoms with E-state index in [9.17, 15) is 0 Å². The quantitative estimate of drug-likeness (QED) is 0.642. The zero-order valence-electron chi connectivity index (χ0n) is 14.5. The van der Waals surface area contributed by atoms with E-state index < -0.39 is 0 Å². The van der Waals surface area contributed by atoms with Gasteiger partial charge in [0.2, 0.25) is 0 Å². The van der Waals surface area contributed by atoms with Crippen molar-refractivity contribution < 1.29 is 4.74 Å². The van der Waals surface area contributed by atoms with Gasteiger partial charge in [-0.1, -0.05) is 18.2 Å². The molecule has 0 saturated carbocycles. The molecule has 0 aliphatic rings. The fourth-order valence-electron chi connectivity index (χ4n) is 2.92. The number of hydrogen-bond donors (Lipinski definition) is 1. The van der Waals surface area contributed by atoms with Crippen molar-refractivity contribution in [2.45, 2.75) is 20.8 Å². The Morgan fingerprint density at radius 3 is 2.46 bits per heavy atom. The molecule has 2 N–H and O–H groups in total. The Labute approximate surface area is 143 Å². The van der Waals surface area contributed by atoms with Gasteiger partial charge in [-0.2, -0.15) is 0 Å². The van der Waals surface area contributed by atoms with Gasteiger partial charge in [0.05, 0.1) is 0 Å². The van der Waals surface area contributed by atoms with E-state index in [1.165, 1.54) is 11.1 Å². The summed E-state index contributed by atoms with van der Waals surface area (Å²) >= 11 is 0. The second-order valence-corrected chi connectivity index (χ2v) is 5.95. The maximum atomic E-state index is 6.09. The molecule has 0 aromatic heterocycles. The first-order valence-corrected chi connectivity index (χ1v) is 8.44. The lowest BCUT2D eigenvalue weighted by Gasteiger charge is -2.21. The van der Waals surface area contributed by atoms with Crippen LogP contribution in [-0.2, 0) is 0 Å². The van der Waals surface area contributed by atoms with Gasteiger partial charge in [-0.15, -0.1) is 0 Å². The Morgan fingerprint density at radius 2 is 1.75 bits per heavy atom. The molecular formula is C21H24N2O. The van der Waals surface area contributed by atoms with E-state index >= 15 is 0 Å². The zero-order chi connectivity index (χ0) is 17.1. The fraction of sp³-hybridized carbons (Fsp3) is 0.238. The van der Waals surface area contributed by atoms with E-state index in [1.807, 2.05) is 37.3 Å². The van der Waals surface area contributed by atoms with Crippen molar-refractivity contribution in [2.24, 2.45) is 0 Å². The van der Waals surface area contributed by atoms with Crippen LogP contribution in [0.15, 0.2) is 54.6 Å². The molecule has 124 valence electrons. The molecule has 0 spiro atoms. The van der Waals surface area contributed by atoms with E-state index in [2.05, 4.69) is 43.0 Å². The third kappa shape index (κ3) is 3.16. The summed E-state index contributed by atoms with van der Waals surface area (Å²) in [5.41, 5.74) is 9.03. The van der Waals surface area contributed by atoms with E-state index in [-0.39, 0.29) is 0 Å². The standard InChI is InChI=1S/C21H24N2O/c1-4-23(5-2)17-10-12-19-16(13-17)7-6-8-21(19)24-18-11-9-15(3)20(22)14-18/h6-14H,4-5,22H2,1-3H3. The first kappa shape index (κ1) is 16.2. The molecule has 0 saturated heterocycles. The Balaban J connectivity index is 1.98. The molecule has 0 bridgehead atoms. The molecule has 0 heterocycles. The molecule has 0 aliphatic carbocycles. The first-order chi connectivity index (χ1) is 11.6. The Hall–Kier alpha value is -2.68. The number of benzene rings is 3. The SMILES string of the molecule is CCN(CC)c1ccc2c(Oc3ccc(C)c(N)c3)cccc2c1. The summed E-state index contributed by atoms with van der Waals surface area (Å²) in [4.78, 5) is 2.34. The van der Waals surface area contributed by atoms with Crippen LogP contribution < -0.4 is 15.4 Å². The van der Waals surface area contributed by atoms with E-state index in [0.29, 0.717) is 0 Å². The molecule has 0 unspecified atom stereocenters. The van der Waals surface area contributed by atoms with Gasteiger partial charge < -0.3 is 15.4 Å². The fourth-order valence-corrected chi connectivity index (χ4v) is 2.92. The third-order valence-electron chi connectivity index (χ3n) is 4.43. The molecule has 0 amide bonds. The molecule has 0 radical (unpaired) electrons. The normalized spacial score (nSPS) is 10.8. The number of nitrogen functional groups attached to an aromatic ring is 1. The minimum absolute atomic E-state index is 0.747. The second-order valence-electron chi connectivity index (χ2n) is 5.95. The lowest BCUT2D eigenvalue weighted by Crippen LogP contribution is -2.21. The highest BCUT2D eigenvalue weighted by Crippen LogP contribution is 2.33. The molecule has 3 aromatic carbocycles. The van der Waals surface area contributed by atoms with Gasteiger partial charge in [-0.3, -0.25) is 0 Å². The van der Waals surface area contributed by atoms with E-state index in [1.54, 1.807) is 0 Å². The van der Waals surface area contributed by atoms with Gasteiger partial charge in [-0.25, -0.2) is 0 Å². The van der Waals surface area contributed by atoms with Crippen LogP contribution in [0.1, 0.15) is 19.4 Å². The van der Waals surface area contributed by atoms with Crippen LogP contribution >= 0.6 is 0 Å². The monoisotopic (exact) mass is 320 g/mol. The summed E-state index contributed by atoms with van der Waals surface area (Å²) in [6.07, 6.45) is 0. The highest BCUT2D eigenvalue weighted by atomic mass is 16.5. The first-order valence-electron chi connectivity index (χ1n) is 8.44. The Morgan fingerprint density at radius 1 is 0.958 bits per heavy atom. The summed E-state index contributed by atoms with van der Waals surface area (Å²) in [6.45, 7) is 8.34. The minimum atomic E-state index is 0.747. The predicted octanol–water partition coefficient (Wildman–Crippen LogP) is 5.37. The molecule has 3 nitrogen and oxygen atoms in total. The Bertz CT molecular complexity index is 854. The van der Waals surface area contributed by atoms with Crippen molar-refractivity contribution in [3.8, 4) is 11.5 Å². The number of anilines is 2. The molecular weight excluding hydrogens is 296 g/mol. The number of rotatable bonds is 5. The maximum Gasteiger partial charge on any atom is 0.135 e. The Kier molecular flexibility index (Phi) is 4.61. The smallest absolute Gasteiger partial charge is 0.135 e. The molecule has 3 aromatic rings. The second kappa shape index (κ2) is 6.83. The minimum Gasteiger partial charge on any atom is -0.457 e. The molecule has 3 rings (SSSR count). The molecule has 0 aliphatic heterocycles. The van der Waals surface area contributed by atoms with Gasteiger partial charge in [0.25, 0.3) is 0 Å². The summed E-state index contributed by atoms with van der Waals surface area (Å²) in [7, 11) is 0. The van der Waals surface area contributed by atoms with Crippen molar-refractivity contribution in [3.63, 3.8) is 0 Å². The van der Waals surface area contributed by atoms with Crippen LogP contribution in [0.3, 0.4) is 0 Å². The van der Waals surface area contributed by atoms with Gasteiger partial charge in [0, 0.05) is 35.9 Å². The molecule has 3 heteroatoms. The van der Waals surface area contributed by atoms with Crippen LogP contribution in [0, 0.1) is 6.92 Å². The summed E-state index contributed by atoms with van der Waals surface area (Å²) in [5, 5.41) is 2.28. The van der Waals surface area contributed by atoms with Crippen molar-refractivity contribution in [2.75, 3.05) is 23.7 Å². The number of fused-ring (bicyclic) bond motifs is 1. The van der Waals surface area contributed by atoms with Crippen molar-refractivity contribution in [3.05, 3.63) is 60.2 Å². The molecule has 0 atom stereocenters. The summed E-state index contributed by atoms with van der Waals surface area (Å²) < 4.78 is 6.09. The maximum absolute atomic E-state index is 6.09. The predicted molar refractivity (Wildman–Crippen MR) is 103 cm³/mol. The average Bonchev–Trinajstić information content (AvgIpc) is 2.59. The van der Waals surface area contributed by atoms with Gasteiger partial charge in [0.15, 0.2) is 0 Å². The van der Waals surface area contributed by atoms with Crippen molar-refractivity contribution >= 4 is 22.1 Å². The highest BCUT2D eigenvalue weighted by Gasteiger charge is 2.08. The highest BCUT2D eigenvalue weighted by molar-refractivity contribution is 5.91. The number of aryl methyl sites for hydroxylation is 1. The summed E-state index contributed by atoms with van der Waals surface area (Å²) in [5.74, 6) is 1.61. The zero-order valence-corrected chi connectivity index (χ0v) is 14.5. The largest absolute Gasteiger partial charge is 0.457 e. The van der Waals surface area contributed by atoms with Gasteiger partial charge in [0.1, 0.15) is 11.5 Å². The van der Waals surface area contributed by atoms with Crippen LogP contribution in [0.5, 0.6) is 11.5 Å². The van der Waals surface area contributed by atoms with Gasteiger partial charge >= 0.3 is 0 Å². The van der Waals surface area contributed by atoms with Crippen molar-refractivity contribution in [1.29, 1.82) is 0 Å². The number of nitrogens with two attached hydrogens (primary N) is 1. The third-order valence-corrected chi connectivity index (χ3v) is 4.43. The summed E-state index contributed by atoms with van der Waals surface area (Å²) in [6, 6.07) is 18.5.